The molecule has 1 N–H and O–H groups in total. The fourth-order valence-electron chi connectivity index (χ4n) is 3.02. The molecule has 1 aliphatic carbocycles. The molecular weight excluding hydrogens is 328 g/mol. The summed E-state index contributed by atoms with van der Waals surface area (Å²) in [5.41, 5.74) is 1.70. The van der Waals surface area contributed by atoms with Crippen LogP contribution >= 0.6 is 0 Å². The molecular formula is C21H26N2O3. The Hall–Kier alpha value is -2.61. The first kappa shape index (κ1) is 19.7. The topological polar surface area (TPSA) is 79.2 Å². The summed E-state index contributed by atoms with van der Waals surface area (Å²) < 4.78 is 5.16. The lowest BCUT2D eigenvalue weighted by molar-refractivity contribution is -0.150. The number of rotatable bonds is 6. The van der Waals surface area contributed by atoms with Crippen molar-refractivity contribution in [2.75, 3.05) is 6.54 Å². The number of ether oxygens (including phenoxy) is 1. The molecule has 0 spiro atoms. The molecule has 0 aromatic heterocycles. The number of benzene rings is 1. The molecule has 1 aromatic carbocycles. The third-order valence-electron chi connectivity index (χ3n) is 4.67. The van der Waals surface area contributed by atoms with Crippen LogP contribution in [-0.2, 0) is 14.3 Å². The molecule has 26 heavy (non-hydrogen) atoms. The van der Waals surface area contributed by atoms with E-state index in [1.807, 2.05) is 37.3 Å². The average Bonchev–Trinajstić information content (AvgIpc) is 2.66. The molecule has 2 rings (SSSR count). The van der Waals surface area contributed by atoms with Crippen LogP contribution in [0.25, 0.3) is 6.08 Å². The molecule has 1 saturated carbocycles. The molecule has 1 fully saturated rings. The highest BCUT2D eigenvalue weighted by Gasteiger charge is 2.22. The third kappa shape index (κ3) is 6.03. The Morgan fingerprint density at radius 2 is 1.92 bits per heavy atom. The predicted octanol–water partition coefficient (Wildman–Crippen LogP) is 3.53. The quantitative estimate of drug-likeness (QED) is 0.481. The van der Waals surface area contributed by atoms with Gasteiger partial charge in [0.1, 0.15) is 11.6 Å². The van der Waals surface area contributed by atoms with Crippen molar-refractivity contribution in [3.8, 4) is 6.07 Å². The van der Waals surface area contributed by atoms with Crippen molar-refractivity contribution in [2.24, 2.45) is 5.92 Å². The summed E-state index contributed by atoms with van der Waals surface area (Å²) in [6.07, 6.45) is 6.48. The van der Waals surface area contributed by atoms with Crippen LogP contribution in [0.4, 0.5) is 0 Å². The molecule has 1 amide bonds. The highest BCUT2D eigenvalue weighted by Crippen LogP contribution is 2.22. The van der Waals surface area contributed by atoms with Gasteiger partial charge >= 0.3 is 5.97 Å². The second-order valence-corrected chi connectivity index (χ2v) is 6.88. The van der Waals surface area contributed by atoms with Crippen LogP contribution in [-0.4, -0.2) is 24.5 Å². The number of carbonyl (C=O) groups excluding carboxylic acids is 2. The second kappa shape index (κ2) is 9.76. The highest BCUT2D eigenvalue weighted by molar-refractivity contribution is 5.99. The lowest BCUT2D eigenvalue weighted by Crippen LogP contribution is -2.38. The minimum absolute atomic E-state index is 0.124. The number of carbonyl (C=O) groups is 2. The van der Waals surface area contributed by atoms with Crippen LogP contribution < -0.4 is 5.32 Å². The van der Waals surface area contributed by atoms with Gasteiger partial charge in [0.15, 0.2) is 6.10 Å². The first-order valence-electron chi connectivity index (χ1n) is 9.16. The maximum atomic E-state index is 12.2. The summed E-state index contributed by atoms with van der Waals surface area (Å²) in [4.78, 5) is 24.3. The van der Waals surface area contributed by atoms with Crippen LogP contribution in [0, 0.1) is 24.2 Å². The van der Waals surface area contributed by atoms with E-state index in [0.29, 0.717) is 12.5 Å². The molecule has 0 unspecified atom stereocenters. The summed E-state index contributed by atoms with van der Waals surface area (Å²) in [6, 6.07) is 9.28. The SMILES string of the molecule is Cc1ccc(/C=C(\C#N)C(=O)O[C@@H](C)C(=O)NCC2CCCCC2)cc1. The number of nitrogens with one attached hydrogen (secondary N) is 1. The Kier molecular flexibility index (Phi) is 7.40. The van der Waals surface area contributed by atoms with Gasteiger partial charge in [0, 0.05) is 6.54 Å². The van der Waals surface area contributed by atoms with Crippen molar-refractivity contribution in [1.29, 1.82) is 5.26 Å². The van der Waals surface area contributed by atoms with E-state index in [9.17, 15) is 14.9 Å². The summed E-state index contributed by atoms with van der Waals surface area (Å²) in [5.74, 6) is -0.600. The molecule has 0 saturated heterocycles. The van der Waals surface area contributed by atoms with E-state index >= 15 is 0 Å². The predicted molar refractivity (Wildman–Crippen MR) is 99.9 cm³/mol. The van der Waals surface area contributed by atoms with Gasteiger partial charge in [0.2, 0.25) is 0 Å². The second-order valence-electron chi connectivity index (χ2n) is 6.88. The van der Waals surface area contributed by atoms with Crippen molar-refractivity contribution < 1.29 is 14.3 Å². The van der Waals surface area contributed by atoms with Crippen LogP contribution in [0.1, 0.15) is 50.2 Å². The number of nitriles is 1. The Morgan fingerprint density at radius 1 is 1.27 bits per heavy atom. The maximum absolute atomic E-state index is 12.2. The number of hydrogen-bond donors (Lipinski definition) is 1. The first-order valence-corrected chi connectivity index (χ1v) is 9.16. The molecule has 138 valence electrons. The van der Waals surface area contributed by atoms with Gasteiger partial charge in [-0.25, -0.2) is 4.79 Å². The van der Waals surface area contributed by atoms with Crippen LogP contribution in [0.5, 0.6) is 0 Å². The molecule has 0 heterocycles. The van der Waals surface area contributed by atoms with Gasteiger partial charge in [-0.1, -0.05) is 49.1 Å². The van der Waals surface area contributed by atoms with Crippen LogP contribution in [0.3, 0.4) is 0 Å². The average molecular weight is 354 g/mol. The van der Waals surface area contributed by atoms with E-state index in [1.165, 1.54) is 32.3 Å². The molecule has 0 radical (unpaired) electrons. The smallest absolute Gasteiger partial charge is 0.349 e. The summed E-state index contributed by atoms with van der Waals surface area (Å²) in [6.45, 7) is 4.10. The fourth-order valence-corrected chi connectivity index (χ4v) is 3.02. The highest BCUT2D eigenvalue weighted by atomic mass is 16.5. The van der Waals surface area contributed by atoms with E-state index in [0.717, 1.165) is 24.0 Å². The maximum Gasteiger partial charge on any atom is 0.349 e. The molecule has 5 nitrogen and oxygen atoms in total. The fraction of sp³-hybridized carbons (Fsp3) is 0.476. The number of hydrogen-bond acceptors (Lipinski definition) is 4. The number of aryl methyl sites for hydroxylation is 1. The normalized spacial score (nSPS) is 16.4. The Labute approximate surface area is 155 Å². The van der Waals surface area contributed by atoms with Gasteiger partial charge in [-0.15, -0.1) is 0 Å². The first-order chi connectivity index (χ1) is 12.5. The minimum atomic E-state index is -0.930. The molecule has 0 bridgehead atoms. The summed E-state index contributed by atoms with van der Waals surface area (Å²) in [7, 11) is 0. The zero-order valence-corrected chi connectivity index (χ0v) is 15.5. The molecule has 0 aliphatic heterocycles. The van der Waals surface area contributed by atoms with Crippen molar-refractivity contribution in [2.45, 2.75) is 52.1 Å². The van der Waals surface area contributed by atoms with Crippen molar-refractivity contribution in [1.82, 2.24) is 5.32 Å². The Morgan fingerprint density at radius 3 is 2.54 bits per heavy atom. The number of amides is 1. The van der Waals surface area contributed by atoms with Gasteiger partial charge in [0.05, 0.1) is 0 Å². The number of esters is 1. The monoisotopic (exact) mass is 354 g/mol. The molecule has 5 heteroatoms. The Bertz CT molecular complexity index is 695. The third-order valence-corrected chi connectivity index (χ3v) is 4.67. The zero-order chi connectivity index (χ0) is 18.9. The lowest BCUT2D eigenvalue weighted by atomic mass is 9.89. The largest absolute Gasteiger partial charge is 0.448 e. The van der Waals surface area contributed by atoms with E-state index in [-0.39, 0.29) is 11.5 Å². The van der Waals surface area contributed by atoms with E-state index in [2.05, 4.69) is 5.32 Å². The van der Waals surface area contributed by atoms with Crippen LogP contribution in [0.2, 0.25) is 0 Å². The van der Waals surface area contributed by atoms with Gasteiger partial charge < -0.3 is 10.1 Å². The molecule has 1 aromatic rings. The van der Waals surface area contributed by atoms with Crippen molar-refractivity contribution >= 4 is 18.0 Å². The van der Waals surface area contributed by atoms with Gasteiger partial charge in [-0.3, -0.25) is 4.79 Å². The van der Waals surface area contributed by atoms with Gasteiger partial charge in [0.25, 0.3) is 5.91 Å². The van der Waals surface area contributed by atoms with E-state index in [4.69, 9.17) is 4.74 Å². The van der Waals surface area contributed by atoms with Gasteiger partial charge in [-0.2, -0.15) is 5.26 Å². The van der Waals surface area contributed by atoms with E-state index in [1.54, 1.807) is 0 Å². The summed E-state index contributed by atoms with van der Waals surface area (Å²) >= 11 is 0. The van der Waals surface area contributed by atoms with Gasteiger partial charge in [-0.05, 0) is 44.2 Å². The van der Waals surface area contributed by atoms with E-state index < -0.39 is 12.1 Å². The van der Waals surface area contributed by atoms with Crippen LogP contribution in [0.15, 0.2) is 29.8 Å². The van der Waals surface area contributed by atoms with Crippen molar-refractivity contribution in [3.63, 3.8) is 0 Å². The van der Waals surface area contributed by atoms with Crippen molar-refractivity contribution in [3.05, 3.63) is 41.0 Å². The summed E-state index contributed by atoms with van der Waals surface area (Å²) in [5, 5.41) is 12.1. The Balaban J connectivity index is 1.88. The molecule has 1 atom stereocenters. The zero-order valence-electron chi connectivity index (χ0n) is 15.5. The molecule has 1 aliphatic rings. The number of nitrogens with zero attached hydrogens (tertiary/aromatic N) is 1. The minimum Gasteiger partial charge on any atom is -0.448 e. The standard InChI is InChI=1S/C21H26N2O3/c1-15-8-10-17(11-9-15)12-19(13-22)21(25)26-16(2)20(24)23-14-18-6-4-3-5-7-18/h8-12,16,18H,3-7,14H2,1-2H3,(H,23,24)/b19-12+/t16-/m0/s1. The lowest BCUT2D eigenvalue weighted by Gasteiger charge is -2.22.